The molecule has 2 N–H and O–H groups in total. The van der Waals surface area contributed by atoms with Crippen molar-refractivity contribution in [3.63, 3.8) is 0 Å². The Morgan fingerprint density at radius 2 is 1.84 bits per heavy atom. The minimum Gasteiger partial charge on any atom is -0.489 e. The lowest BCUT2D eigenvalue weighted by molar-refractivity contribution is -0.120. The first-order valence-electron chi connectivity index (χ1n) is 9.32. The molecule has 0 bridgehead atoms. The zero-order valence-electron chi connectivity index (χ0n) is 16.3. The number of halogens is 2. The number of hydrogen-bond donors (Lipinski definition) is 2. The van der Waals surface area contributed by atoms with Crippen molar-refractivity contribution in [3.05, 3.63) is 99.0 Å². The molecule has 0 saturated heterocycles. The maximum absolute atomic E-state index is 12.0. The fraction of sp³-hybridized carbons (Fsp3) is 0.0870. The maximum Gasteiger partial charge on any atom is 0.259 e. The molecule has 0 aromatic heterocycles. The van der Waals surface area contributed by atoms with Crippen LogP contribution in [-0.2, 0) is 11.4 Å². The number of benzene rings is 3. The summed E-state index contributed by atoms with van der Waals surface area (Å²) >= 11 is 9.30. The number of carbonyl (C=O) groups is 2. The van der Waals surface area contributed by atoms with Crippen LogP contribution in [0.4, 0.5) is 0 Å². The number of carbonyl (C=O) groups excluding carboxylic acids is 2. The van der Waals surface area contributed by atoms with Crippen molar-refractivity contribution >= 4 is 45.6 Å². The van der Waals surface area contributed by atoms with E-state index in [-0.39, 0.29) is 6.54 Å². The minimum absolute atomic E-state index is 0.210. The molecule has 0 saturated carbocycles. The molecule has 0 fully saturated rings. The normalized spacial score (nSPS) is 10.6. The van der Waals surface area contributed by atoms with Crippen LogP contribution < -0.4 is 15.5 Å². The minimum atomic E-state index is -0.450. The van der Waals surface area contributed by atoms with Gasteiger partial charge in [0, 0.05) is 15.1 Å². The molecular weight excluding hydrogens is 482 g/mol. The first kappa shape index (κ1) is 22.5. The fourth-order valence-electron chi connectivity index (χ4n) is 2.59. The molecule has 0 unspecified atom stereocenters. The average molecular weight is 501 g/mol. The topological polar surface area (TPSA) is 79.8 Å². The Morgan fingerprint density at radius 1 is 1.03 bits per heavy atom. The summed E-state index contributed by atoms with van der Waals surface area (Å²) in [6.07, 6.45) is 1.50. The summed E-state index contributed by atoms with van der Waals surface area (Å²) in [6, 6.07) is 21.7. The van der Waals surface area contributed by atoms with Crippen molar-refractivity contribution in [2.24, 2.45) is 5.10 Å². The molecule has 2 amide bonds. The van der Waals surface area contributed by atoms with Gasteiger partial charge in [0.05, 0.1) is 12.8 Å². The van der Waals surface area contributed by atoms with Crippen molar-refractivity contribution < 1.29 is 14.3 Å². The Balaban J connectivity index is 1.46. The van der Waals surface area contributed by atoms with Gasteiger partial charge in [-0.2, -0.15) is 5.10 Å². The highest BCUT2D eigenvalue weighted by Crippen LogP contribution is 2.16. The van der Waals surface area contributed by atoms with Crippen LogP contribution in [0.25, 0.3) is 0 Å². The standard InChI is InChI=1S/C23H19BrClN3O3/c24-19-7-1-5-17(10-19)15-31-21-9-2-4-16(11-21)13-27-28-22(29)14-26-23(30)18-6-3-8-20(25)12-18/h1-13H,14-15H2,(H,26,30)(H,28,29). The molecule has 0 radical (unpaired) electrons. The van der Waals surface area contributed by atoms with Gasteiger partial charge in [0.15, 0.2) is 0 Å². The molecule has 3 rings (SSSR count). The Labute approximate surface area is 193 Å². The average Bonchev–Trinajstić information content (AvgIpc) is 2.76. The van der Waals surface area contributed by atoms with E-state index in [1.807, 2.05) is 48.5 Å². The quantitative estimate of drug-likeness (QED) is 0.351. The second-order valence-corrected chi connectivity index (χ2v) is 7.83. The lowest BCUT2D eigenvalue weighted by Gasteiger charge is -2.07. The third kappa shape index (κ3) is 7.55. The molecule has 3 aromatic rings. The summed E-state index contributed by atoms with van der Waals surface area (Å²) in [7, 11) is 0. The molecule has 6 nitrogen and oxygen atoms in total. The van der Waals surface area contributed by atoms with Crippen LogP contribution in [0.1, 0.15) is 21.5 Å². The van der Waals surface area contributed by atoms with Gasteiger partial charge >= 0.3 is 0 Å². The number of hydrazone groups is 1. The van der Waals surface area contributed by atoms with Gasteiger partial charge in [-0.05, 0) is 53.6 Å². The lowest BCUT2D eigenvalue weighted by Crippen LogP contribution is -2.34. The van der Waals surface area contributed by atoms with E-state index in [0.29, 0.717) is 22.9 Å². The van der Waals surface area contributed by atoms with Crippen molar-refractivity contribution in [3.8, 4) is 5.75 Å². The molecule has 0 spiro atoms. The summed E-state index contributed by atoms with van der Waals surface area (Å²) in [4.78, 5) is 23.9. The Hall–Kier alpha value is -3.16. The molecule has 0 aliphatic heterocycles. The van der Waals surface area contributed by atoms with E-state index in [0.717, 1.165) is 15.6 Å². The van der Waals surface area contributed by atoms with Crippen molar-refractivity contribution in [1.82, 2.24) is 10.7 Å². The van der Waals surface area contributed by atoms with E-state index in [9.17, 15) is 9.59 Å². The second-order valence-electron chi connectivity index (χ2n) is 6.48. The van der Waals surface area contributed by atoms with Gasteiger partial charge in [-0.15, -0.1) is 0 Å². The molecular formula is C23H19BrClN3O3. The zero-order chi connectivity index (χ0) is 22.1. The smallest absolute Gasteiger partial charge is 0.259 e. The van der Waals surface area contributed by atoms with Crippen LogP contribution >= 0.6 is 27.5 Å². The maximum atomic E-state index is 12.0. The highest BCUT2D eigenvalue weighted by Gasteiger charge is 2.07. The Morgan fingerprint density at radius 3 is 2.65 bits per heavy atom. The van der Waals surface area contributed by atoms with Gasteiger partial charge in [-0.25, -0.2) is 5.43 Å². The second kappa shape index (κ2) is 11.3. The Bertz CT molecular complexity index is 1100. The van der Waals surface area contributed by atoms with E-state index in [1.54, 1.807) is 18.2 Å². The number of ether oxygens (including phenoxy) is 1. The van der Waals surface area contributed by atoms with Crippen LogP contribution in [0.15, 0.2) is 82.4 Å². The first-order chi connectivity index (χ1) is 15.0. The third-order valence-corrected chi connectivity index (χ3v) is 4.78. The van der Waals surface area contributed by atoms with Gasteiger partial charge < -0.3 is 10.1 Å². The van der Waals surface area contributed by atoms with Crippen LogP contribution in [0, 0.1) is 0 Å². The van der Waals surface area contributed by atoms with Crippen LogP contribution in [0.3, 0.4) is 0 Å². The SMILES string of the molecule is O=C(CNC(=O)c1cccc(Cl)c1)NN=Cc1cccc(OCc2cccc(Br)c2)c1. The molecule has 0 heterocycles. The predicted octanol–water partition coefficient (Wildman–Crippen LogP) is 4.56. The summed E-state index contributed by atoms with van der Waals surface area (Å²) in [5, 5.41) is 6.88. The van der Waals surface area contributed by atoms with Gasteiger partial charge in [-0.1, -0.05) is 57.9 Å². The van der Waals surface area contributed by atoms with Gasteiger partial charge in [-0.3, -0.25) is 9.59 Å². The number of hydrogen-bond acceptors (Lipinski definition) is 4. The molecule has 8 heteroatoms. The van der Waals surface area contributed by atoms with Gasteiger partial charge in [0.1, 0.15) is 12.4 Å². The number of amides is 2. The van der Waals surface area contributed by atoms with E-state index < -0.39 is 11.8 Å². The highest BCUT2D eigenvalue weighted by molar-refractivity contribution is 9.10. The van der Waals surface area contributed by atoms with E-state index in [4.69, 9.17) is 16.3 Å². The summed E-state index contributed by atoms with van der Waals surface area (Å²) in [5.41, 5.74) is 4.56. The molecule has 158 valence electrons. The van der Waals surface area contributed by atoms with Crippen LogP contribution in [0.5, 0.6) is 5.75 Å². The van der Waals surface area contributed by atoms with Crippen LogP contribution in [0.2, 0.25) is 5.02 Å². The number of rotatable bonds is 8. The largest absolute Gasteiger partial charge is 0.489 e. The monoisotopic (exact) mass is 499 g/mol. The summed E-state index contributed by atoms with van der Waals surface area (Å²) < 4.78 is 6.80. The molecule has 0 atom stereocenters. The predicted molar refractivity (Wildman–Crippen MR) is 124 cm³/mol. The molecule has 3 aromatic carbocycles. The Kier molecular flexibility index (Phi) is 8.20. The zero-order valence-corrected chi connectivity index (χ0v) is 18.7. The third-order valence-electron chi connectivity index (χ3n) is 4.05. The van der Waals surface area contributed by atoms with E-state index in [2.05, 4.69) is 31.8 Å². The van der Waals surface area contributed by atoms with Crippen molar-refractivity contribution in [2.75, 3.05) is 6.54 Å². The van der Waals surface area contributed by atoms with Crippen molar-refractivity contribution in [2.45, 2.75) is 6.61 Å². The number of nitrogens with one attached hydrogen (secondary N) is 2. The number of nitrogens with zero attached hydrogens (tertiary/aromatic N) is 1. The molecule has 0 aliphatic carbocycles. The fourth-order valence-corrected chi connectivity index (χ4v) is 3.23. The molecule has 0 aliphatic rings. The summed E-state index contributed by atoms with van der Waals surface area (Å²) in [5.74, 6) is -0.158. The van der Waals surface area contributed by atoms with Gasteiger partial charge in [0.2, 0.25) is 0 Å². The molecule has 31 heavy (non-hydrogen) atoms. The summed E-state index contributed by atoms with van der Waals surface area (Å²) in [6.45, 7) is 0.224. The van der Waals surface area contributed by atoms with Gasteiger partial charge in [0.25, 0.3) is 11.8 Å². The highest BCUT2D eigenvalue weighted by atomic mass is 79.9. The van der Waals surface area contributed by atoms with E-state index >= 15 is 0 Å². The van der Waals surface area contributed by atoms with E-state index in [1.165, 1.54) is 12.3 Å². The van der Waals surface area contributed by atoms with Crippen molar-refractivity contribution in [1.29, 1.82) is 0 Å². The van der Waals surface area contributed by atoms with Crippen LogP contribution in [-0.4, -0.2) is 24.6 Å². The first-order valence-corrected chi connectivity index (χ1v) is 10.5. The lowest BCUT2D eigenvalue weighted by atomic mass is 10.2.